The SMILES string of the molecule is O=C(NC(c1ccccn1)C(F)(F)F)c1cc2c(cn1)CN(C1=NOC(c3cc(Cl)c(F)c(Cl)c3)(C(F)(F)F)C1)C2. The fourth-order valence-corrected chi connectivity index (χ4v) is 5.00. The molecule has 0 fully saturated rings. The molecule has 16 heteroatoms. The van der Waals surface area contributed by atoms with Gasteiger partial charge in [0.25, 0.3) is 11.5 Å². The largest absolute Gasteiger partial charge is 0.435 e. The summed E-state index contributed by atoms with van der Waals surface area (Å²) in [6.07, 6.45) is -8.25. The van der Waals surface area contributed by atoms with Crippen LogP contribution in [0.5, 0.6) is 0 Å². The normalized spacial score (nSPS) is 19.4. The third-order valence-corrected chi connectivity index (χ3v) is 7.16. The Labute approximate surface area is 236 Å². The average molecular weight is 622 g/mol. The van der Waals surface area contributed by atoms with Gasteiger partial charge in [0.1, 0.15) is 11.5 Å². The van der Waals surface area contributed by atoms with Crippen molar-refractivity contribution in [3.63, 3.8) is 0 Å². The number of hydrogen-bond acceptors (Lipinski definition) is 6. The van der Waals surface area contributed by atoms with Crippen LogP contribution < -0.4 is 5.32 Å². The van der Waals surface area contributed by atoms with Crippen molar-refractivity contribution in [3.8, 4) is 0 Å². The highest BCUT2D eigenvalue weighted by Crippen LogP contribution is 2.50. The van der Waals surface area contributed by atoms with Crippen LogP contribution in [-0.2, 0) is 23.5 Å². The molecule has 2 aromatic heterocycles. The molecule has 4 heterocycles. The average Bonchev–Trinajstić information content (AvgIpc) is 3.55. The van der Waals surface area contributed by atoms with Gasteiger partial charge in [-0.2, -0.15) is 26.3 Å². The predicted molar refractivity (Wildman–Crippen MR) is 131 cm³/mol. The van der Waals surface area contributed by atoms with Crippen LogP contribution in [-0.4, -0.2) is 39.0 Å². The molecule has 2 aliphatic rings. The molecule has 0 saturated carbocycles. The zero-order valence-corrected chi connectivity index (χ0v) is 21.8. The summed E-state index contributed by atoms with van der Waals surface area (Å²) in [5, 5.41) is 4.27. The Kier molecular flexibility index (Phi) is 7.26. The summed E-state index contributed by atoms with van der Waals surface area (Å²) in [5.41, 5.74) is -3.35. The number of pyridine rings is 2. The minimum Gasteiger partial charge on any atom is -0.372 e. The summed E-state index contributed by atoms with van der Waals surface area (Å²) in [5.74, 6) is -2.33. The Morgan fingerprint density at radius 1 is 1.02 bits per heavy atom. The van der Waals surface area contributed by atoms with Crippen LogP contribution >= 0.6 is 23.2 Å². The van der Waals surface area contributed by atoms with Crippen LogP contribution in [0.4, 0.5) is 30.7 Å². The zero-order valence-electron chi connectivity index (χ0n) is 20.3. The van der Waals surface area contributed by atoms with Crippen molar-refractivity contribution in [1.29, 1.82) is 0 Å². The van der Waals surface area contributed by atoms with Gasteiger partial charge >= 0.3 is 12.4 Å². The molecule has 216 valence electrons. The van der Waals surface area contributed by atoms with Crippen LogP contribution in [0.2, 0.25) is 10.0 Å². The minimum atomic E-state index is -5.01. The fourth-order valence-electron chi connectivity index (χ4n) is 4.51. The summed E-state index contributed by atoms with van der Waals surface area (Å²) in [7, 11) is 0. The maximum Gasteiger partial charge on any atom is 0.435 e. The van der Waals surface area contributed by atoms with Gasteiger partial charge in [-0.25, -0.2) is 4.39 Å². The molecule has 3 aromatic rings. The number of nitrogens with zero attached hydrogens (tertiary/aromatic N) is 4. The van der Waals surface area contributed by atoms with Crippen molar-refractivity contribution in [1.82, 2.24) is 20.2 Å². The number of amides is 1. The molecule has 2 unspecified atom stereocenters. The first-order valence-electron chi connectivity index (χ1n) is 11.7. The van der Waals surface area contributed by atoms with E-state index in [9.17, 15) is 35.5 Å². The number of oxime groups is 1. The molecular formula is C25H16Cl2F7N5O2. The monoisotopic (exact) mass is 621 g/mol. The van der Waals surface area contributed by atoms with E-state index >= 15 is 0 Å². The highest BCUT2D eigenvalue weighted by atomic mass is 35.5. The van der Waals surface area contributed by atoms with Crippen molar-refractivity contribution in [3.05, 3.63) is 92.7 Å². The predicted octanol–water partition coefficient (Wildman–Crippen LogP) is 6.46. The lowest BCUT2D eigenvalue weighted by atomic mass is 9.89. The van der Waals surface area contributed by atoms with Gasteiger partial charge in [0.05, 0.1) is 22.2 Å². The summed E-state index contributed by atoms with van der Waals surface area (Å²) in [6, 6.07) is 4.28. The van der Waals surface area contributed by atoms with Gasteiger partial charge < -0.3 is 15.1 Å². The number of aromatic nitrogens is 2. The number of amidine groups is 1. The van der Waals surface area contributed by atoms with Crippen LogP contribution in [0.15, 0.2) is 53.9 Å². The molecular weight excluding hydrogens is 606 g/mol. The quantitative estimate of drug-likeness (QED) is 0.267. The Hall–Kier alpha value is -3.65. The summed E-state index contributed by atoms with van der Waals surface area (Å²) in [4.78, 5) is 26.7. The first-order chi connectivity index (χ1) is 19.2. The zero-order chi connectivity index (χ0) is 29.7. The first kappa shape index (κ1) is 28.9. The van der Waals surface area contributed by atoms with E-state index in [1.165, 1.54) is 29.3 Å². The van der Waals surface area contributed by atoms with E-state index < -0.39 is 63.4 Å². The van der Waals surface area contributed by atoms with Crippen molar-refractivity contribution in [2.24, 2.45) is 5.16 Å². The number of rotatable bonds is 4. The van der Waals surface area contributed by atoms with Crippen molar-refractivity contribution in [2.75, 3.05) is 0 Å². The van der Waals surface area contributed by atoms with E-state index in [-0.39, 0.29) is 24.6 Å². The fraction of sp³-hybridized carbons (Fsp3) is 0.280. The maximum atomic E-state index is 14.3. The Morgan fingerprint density at radius 3 is 2.32 bits per heavy atom. The van der Waals surface area contributed by atoms with Crippen LogP contribution in [0, 0.1) is 5.82 Å². The molecule has 1 aromatic carbocycles. The van der Waals surface area contributed by atoms with Gasteiger partial charge in [0.2, 0.25) is 0 Å². The van der Waals surface area contributed by atoms with Gasteiger partial charge in [-0.1, -0.05) is 34.4 Å². The van der Waals surface area contributed by atoms with Crippen molar-refractivity contribution < 1.29 is 40.4 Å². The molecule has 5 rings (SSSR count). The highest BCUT2D eigenvalue weighted by molar-refractivity contribution is 6.35. The number of benzene rings is 1. The van der Waals surface area contributed by atoms with Crippen molar-refractivity contribution in [2.45, 2.75) is 43.5 Å². The lowest BCUT2D eigenvalue weighted by molar-refractivity contribution is -0.275. The van der Waals surface area contributed by atoms with Gasteiger partial charge in [-0.3, -0.25) is 14.8 Å². The van der Waals surface area contributed by atoms with Gasteiger partial charge in [-0.05, 0) is 41.5 Å². The molecule has 7 nitrogen and oxygen atoms in total. The van der Waals surface area contributed by atoms with Gasteiger partial charge in [-0.15, -0.1) is 0 Å². The van der Waals surface area contributed by atoms with E-state index in [1.807, 2.05) is 5.32 Å². The third-order valence-electron chi connectivity index (χ3n) is 6.61. The third kappa shape index (κ3) is 5.37. The Bertz CT molecular complexity index is 1510. The highest BCUT2D eigenvalue weighted by Gasteiger charge is 2.63. The van der Waals surface area contributed by atoms with Gasteiger partial charge in [0.15, 0.2) is 11.9 Å². The number of carbonyl (C=O) groups excluding carboxylic acids is 1. The van der Waals surface area contributed by atoms with Crippen LogP contribution in [0.3, 0.4) is 0 Å². The number of alkyl halides is 6. The minimum absolute atomic E-state index is 0.0321. The second-order valence-corrected chi connectivity index (χ2v) is 10.1. The molecule has 2 aliphatic heterocycles. The summed E-state index contributed by atoms with van der Waals surface area (Å²) < 4.78 is 97.7. The molecule has 41 heavy (non-hydrogen) atoms. The van der Waals surface area contributed by atoms with E-state index in [0.29, 0.717) is 11.1 Å². The van der Waals surface area contributed by atoms with E-state index in [1.54, 1.807) is 0 Å². The van der Waals surface area contributed by atoms with E-state index in [4.69, 9.17) is 28.0 Å². The second kappa shape index (κ2) is 10.3. The van der Waals surface area contributed by atoms with Gasteiger partial charge in [0, 0.05) is 31.0 Å². The van der Waals surface area contributed by atoms with E-state index in [0.717, 1.165) is 24.4 Å². The molecule has 0 radical (unpaired) electrons. The lowest BCUT2D eigenvalue weighted by Gasteiger charge is -2.30. The molecule has 0 aliphatic carbocycles. The van der Waals surface area contributed by atoms with Crippen LogP contribution in [0.25, 0.3) is 0 Å². The molecule has 0 spiro atoms. The molecule has 1 N–H and O–H groups in total. The Morgan fingerprint density at radius 2 is 1.71 bits per heavy atom. The van der Waals surface area contributed by atoms with Crippen LogP contribution in [0.1, 0.15) is 45.3 Å². The molecule has 1 amide bonds. The second-order valence-electron chi connectivity index (χ2n) is 9.25. The number of carbonyl (C=O) groups is 1. The molecule has 2 atom stereocenters. The topological polar surface area (TPSA) is 79.7 Å². The number of fused-ring (bicyclic) bond motifs is 1. The molecule has 0 saturated heterocycles. The maximum absolute atomic E-state index is 14.3. The Balaban J connectivity index is 1.34. The summed E-state index contributed by atoms with van der Waals surface area (Å²) >= 11 is 11.5. The number of hydrogen-bond donors (Lipinski definition) is 1. The number of halogens is 9. The standard InChI is InChI=1S/C25H16Cl2F7N5O2/c26-15-6-14(7-16(27)20(15)28)23(25(32,33)34)8-19(38-41-23)39-10-12-5-18(36-9-13(12)11-39)22(40)37-21(24(29,30)31)17-3-1-2-4-35-17/h1-7,9,21H,8,10-11H2,(H,37,40). The molecule has 0 bridgehead atoms. The first-order valence-corrected chi connectivity index (χ1v) is 12.4. The van der Waals surface area contributed by atoms with E-state index in [2.05, 4.69) is 15.1 Å². The summed E-state index contributed by atoms with van der Waals surface area (Å²) in [6.45, 7) is -0.00740. The smallest absolute Gasteiger partial charge is 0.372 e. The number of nitrogens with one attached hydrogen (secondary N) is 1. The van der Waals surface area contributed by atoms with Crippen molar-refractivity contribution >= 4 is 34.9 Å². The lowest BCUT2D eigenvalue weighted by Crippen LogP contribution is -2.44.